The number of urea groups is 1. The third kappa shape index (κ3) is 7.08. The van der Waals surface area contributed by atoms with Crippen molar-refractivity contribution < 1.29 is 19.1 Å². The highest BCUT2D eigenvalue weighted by Crippen LogP contribution is 2.49. The van der Waals surface area contributed by atoms with Crippen LogP contribution in [0.5, 0.6) is 11.5 Å². The molecule has 242 valence electrons. The average Bonchev–Trinajstić information content (AvgIpc) is 3.17. The number of ketones is 1. The van der Waals surface area contributed by atoms with E-state index in [1.54, 1.807) is 23.1 Å². The highest BCUT2D eigenvalue weighted by atomic mass is 35.5. The Balaban J connectivity index is 1.48. The topological polar surface area (TPSA) is 79.9 Å². The van der Waals surface area contributed by atoms with Crippen molar-refractivity contribution in [2.24, 2.45) is 5.41 Å². The third-order valence-electron chi connectivity index (χ3n) is 8.18. The number of benzene rings is 4. The van der Waals surface area contributed by atoms with Gasteiger partial charge in [0.1, 0.15) is 6.61 Å². The summed E-state index contributed by atoms with van der Waals surface area (Å²) in [4.78, 5) is 30.2. The molecule has 10 heteroatoms. The molecule has 0 saturated heterocycles. The standard InChI is InChI=1S/C37H34Cl3N3O4/c1-4-46-33-17-23(11-16-32(33)47-21-22-9-12-24(38)13-10-22)35-34-29(19-37(2,3)20-31(34)44)42-28-7-5-6-8-30(28)43(35)36(45)41-25-14-15-26(39)27(40)18-25/h5-18,35,42H,4,19-21H2,1-3H3,(H,41,45)/t35-/m1/s1. The van der Waals surface area contributed by atoms with E-state index in [0.29, 0.717) is 80.8 Å². The molecule has 0 fully saturated rings. The number of amides is 2. The summed E-state index contributed by atoms with van der Waals surface area (Å²) in [6.07, 6.45) is 0.963. The molecule has 0 radical (unpaired) electrons. The van der Waals surface area contributed by atoms with Crippen molar-refractivity contribution in [2.45, 2.75) is 46.3 Å². The zero-order chi connectivity index (χ0) is 33.3. The van der Waals surface area contributed by atoms with Gasteiger partial charge >= 0.3 is 6.03 Å². The second-order valence-electron chi connectivity index (χ2n) is 12.4. The van der Waals surface area contributed by atoms with Gasteiger partial charge in [-0.05, 0) is 84.5 Å². The summed E-state index contributed by atoms with van der Waals surface area (Å²) in [6.45, 7) is 6.75. The second-order valence-corrected chi connectivity index (χ2v) is 13.6. The molecule has 0 bridgehead atoms. The van der Waals surface area contributed by atoms with Crippen molar-refractivity contribution in [3.8, 4) is 11.5 Å². The average molecular weight is 691 g/mol. The van der Waals surface area contributed by atoms with Gasteiger partial charge in [-0.2, -0.15) is 0 Å². The predicted octanol–water partition coefficient (Wildman–Crippen LogP) is 10.5. The molecule has 47 heavy (non-hydrogen) atoms. The summed E-state index contributed by atoms with van der Waals surface area (Å²) in [5, 5.41) is 7.86. The van der Waals surface area contributed by atoms with Crippen LogP contribution in [-0.4, -0.2) is 18.4 Å². The molecule has 2 aliphatic rings. The van der Waals surface area contributed by atoms with Crippen LogP contribution in [-0.2, 0) is 11.4 Å². The lowest BCUT2D eigenvalue weighted by Crippen LogP contribution is -2.41. The first-order valence-corrected chi connectivity index (χ1v) is 16.5. The number of halogens is 3. The minimum Gasteiger partial charge on any atom is -0.490 e. The molecule has 4 aromatic rings. The smallest absolute Gasteiger partial charge is 0.327 e. The fraction of sp³-hybridized carbons (Fsp3) is 0.243. The van der Waals surface area contributed by atoms with Crippen molar-refractivity contribution in [2.75, 3.05) is 22.1 Å². The van der Waals surface area contributed by atoms with Crippen LogP contribution < -0.4 is 25.0 Å². The fourth-order valence-corrected chi connectivity index (χ4v) is 6.53. The van der Waals surface area contributed by atoms with E-state index < -0.39 is 12.1 Å². The largest absolute Gasteiger partial charge is 0.490 e. The number of nitrogens with zero attached hydrogens (tertiary/aromatic N) is 1. The number of rotatable bonds is 7. The maximum atomic E-state index is 14.4. The molecule has 4 aromatic carbocycles. The molecular formula is C37H34Cl3N3O4. The second kappa shape index (κ2) is 13.5. The Labute approximate surface area is 289 Å². The summed E-state index contributed by atoms with van der Waals surface area (Å²) in [5.41, 5.74) is 4.47. The van der Waals surface area contributed by atoms with Gasteiger partial charge in [0.25, 0.3) is 0 Å². The summed E-state index contributed by atoms with van der Waals surface area (Å²) in [6, 6.07) is 24.2. The maximum Gasteiger partial charge on any atom is 0.327 e. The first kappa shape index (κ1) is 32.8. The number of anilines is 3. The maximum absolute atomic E-state index is 14.4. The Morgan fingerprint density at radius 3 is 2.43 bits per heavy atom. The van der Waals surface area contributed by atoms with Crippen LogP contribution in [0.2, 0.25) is 15.1 Å². The number of fused-ring (bicyclic) bond motifs is 1. The van der Waals surface area contributed by atoms with Gasteiger partial charge in [0, 0.05) is 28.4 Å². The number of allylic oxidation sites excluding steroid dienone is 1. The van der Waals surface area contributed by atoms with Crippen LogP contribution >= 0.6 is 34.8 Å². The normalized spacial score (nSPS) is 16.9. The molecule has 1 atom stereocenters. The Morgan fingerprint density at radius 1 is 0.915 bits per heavy atom. The summed E-state index contributed by atoms with van der Waals surface area (Å²) < 4.78 is 12.3. The Kier molecular flexibility index (Phi) is 9.42. The van der Waals surface area contributed by atoms with E-state index in [2.05, 4.69) is 24.5 Å². The lowest BCUT2D eigenvalue weighted by atomic mass is 9.73. The first-order valence-electron chi connectivity index (χ1n) is 15.3. The van der Waals surface area contributed by atoms with Crippen molar-refractivity contribution in [3.63, 3.8) is 0 Å². The zero-order valence-corrected chi connectivity index (χ0v) is 28.5. The monoisotopic (exact) mass is 689 g/mol. The van der Waals surface area contributed by atoms with Crippen LogP contribution in [0.25, 0.3) is 0 Å². The number of Topliss-reactive ketones (excluding diaryl/α,β-unsaturated/α-hetero) is 1. The molecule has 1 aliphatic carbocycles. The van der Waals surface area contributed by atoms with Crippen LogP contribution in [0.3, 0.4) is 0 Å². The number of para-hydroxylation sites is 2. The van der Waals surface area contributed by atoms with E-state index in [4.69, 9.17) is 44.3 Å². The number of hydrogen-bond donors (Lipinski definition) is 2. The molecule has 1 aliphatic heterocycles. The predicted molar refractivity (Wildman–Crippen MR) is 189 cm³/mol. The molecule has 0 spiro atoms. The van der Waals surface area contributed by atoms with Crippen molar-refractivity contribution in [1.82, 2.24) is 0 Å². The summed E-state index contributed by atoms with van der Waals surface area (Å²) >= 11 is 18.5. The minimum atomic E-state index is -0.794. The molecule has 2 N–H and O–H groups in total. The van der Waals surface area contributed by atoms with Gasteiger partial charge in [0.15, 0.2) is 17.3 Å². The highest BCUT2D eigenvalue weighted by Gasteiger charge is 2.43. The molecule has 1 heterocycles. The van der Waals surface area contributed by atoms with Crippen LogP contribution in [0.1, 0.15) is 50.8 Å². The van der Waals surface area contributed by atoms with Gasteiger partial charge in [0.05, 0.1) is 34.1 Å². The molecule has 7 nitrogen and oxygen atoms in total. The van der Waals surface area contributed by atoms with Crippen LogP contribution in [0.15, 0.2) is 96.2 Å². The van der Waals surface area contributed by atoms with E-state index in [0.717, 1.165) is 11.3 Å². The Hall–Kier alpha value is -4.17. The van der Waals surface area contributed by atoms with E-state index >= 15 is 0 Å². The van der Waals surface area contributed by atoms with Gasteiger partial charge in [-0.1, -0.05) is 79.0 Å². The van der Waals surface area contributed by atoms with Crippen molar-refractivity contribution in [1.29, 1.82) is 0 Å². The van der Waals surface area contributed by atoms with Crippen LogP contribution in [0, 0.1) is 5.41 Å². The van der Waals surface area contributed by atoms with Crippen molar-refractivity contribution in [3.05, 3.63) is 122 Å². The molecule has 2 amide bonds. The Morgan fingerprint density at radius 2 is 1.68 bits per heavy atom. The first-order chi connectivity index (χ1) is 22.5. The number of carbonyl (C=O) groups excluding carboxylic acids is 2. The van der Waals surface area contributed by atoms with Crippen molar-refractivity contribution >= 4 is 63.7 Å². The van der Waals surface area contributed by atoms with E-state index in [1.165, 1.54) is 0 Å². The highest BCUT2D eigenvalue weighted by molar-refractivity contribution is 6.42. The third-order valence-corrected chi connectivity index (χ3v) is 9.17. The van der Waals surface area contributed by atoms with E-state index in [9.17, 15) is 9.59 Å². The quantitative estimate of drug-likeness (QED) is 0.202. The molecule has 0 saturated carbocycles. The molecular weight excluding hydrogens is 657 g/mol. The lowest BCUT2D eigenvalue weighted by Gasteiger charge is -2.37. The summed E-state index contributed by atoms with van der Waals surface area (Å²) in [5.74, 6) is 1.00. The Bertz CT molecular complexity index is 1870. The van der Waals surface area contributed by atoms with E-state index in [1.807, 2.05) is 73.7 Å². The van der Waals surface area contributed by atoms with Gasteiger partial charge in [-0.25, -0.2) is 4.79 Å². The van der Waals surface area contributed by atoms with Gasteiger partial charge in [-0.3, -0.25) is 9.69 Å². The zero-order valence-electron chi connectivity index (χ0n) is 26.2. The SMILES string of the molecule is CCOc1cc([C@@H]2C3=C(CC(C)(C)CC3=O)Nc3ccccc3N2C(=O)Nc2ccc(Cl)c(Cl)c2)ccc1OCc1ccc(Cl)cc1. The number of hydrogen-bond acceptors (Lipinski definition) is 5. The molecule has 0 unspecified atom stereocenters. The number of carbonyl (C=O) groups is 2. The summed E-state index contributed by atoms with van der Waals surface area (Å²) in [7, 11) is 0. The van der Waals surface area contributed by atoms with E-state index in [-0.39, 0.29) is 11.2 Å². The van der Waals surface area contributed by atoms with Gasteiger partial charge in [0.2, 0.25) is 0 Å². The molecule has 6 rings (SSSR count). The van der Waals surface area contributed by atoms with Gasteiger partial charge < -0.3 is 20.1 Å². The fourth-order valence-electron chi connectivity index (χ4n) is 6.11. The number of ether oxygens (including phenoxy) is 2. The van der Waals surface area contributed by atoms with Crippen LogP contribution in [0.4, 0.5) is 21.9 Å². The lowest BCUT2D eigenvalue weighted by molar-refractivity contribution is -0.118. The minimum absolute atomic E-state index is 0.0325. The van der Waals surface area contributed by atoms with Gasteiger partial charge in [-0.15, -0.1) is 0 Å². The number of nitrogens with one attached hydrogen (secondary N) is 2. The molecule has 0 aromatic heterocycles.